The fraction of sp³-hybridized carbons (Fsp3) is 0.195. The third-order valence-corrected chi connectivity index (χ3v) is 9.75. The van der Waals surface area contributed by atoms with Gasteiger partial charge in [-0.05, 0) is 77.7 Å². The first-order chi connectivity index (χ1) is 24.4. The van der Waals surface area contributed by atoms with Crippen LogP contribution in [-0.4, -0.2) is 30.9 Å². The molecule has 0 saturated carbocycles. The zero-order valence-corrected chi connectivity index (χ0v) is 29.1. The molecule has 0 aliphatic carbocycles. The van der Waals surface area contributed by atoms with Gasteiger partial charge in [0.25, 0.3) is 5.56 Å². The van der Waals surface area contributed by atoms with Gasteiger partial charge in [-0.15, -0.1) is 0 Å². The average Bonchev–Trinajstić information content (AvgIpc) is 3.43. The van der Waals surface area contributed by atoms with Crippen molar-refractivity contribution in [3.63, 3.8) is 0 Å². The number of nitrogens with zero attached hydrogens (tertiary/aromatic N) is 2. The topological polar surface area (TPSA) is 88.4 Å². The Bertz CT molecular complexity index is 2470. The van der Waals surface area contributed by atoms with Crippen LogP contribution < -0.4 is 29.1 Å². The van der Waals surface area contributed by atoms with Crippen LogP contribution >= 0.6 is 11.3 Å². The molecule has 0 amide bonds. The SMILES string of the molecule is CCOC(=O)C1=C(C)N=c2s/c(=C\c3ccc(OCc4cccc5ccccc45)c(OCC)c3)c(=O)n2[C@H]1c1c(OC)ccc2ccccc12. The number of fused-ring (bicyclic) bond motifs is 3. The van der Waals surface area contributed by atoms with Crippen molar-refractivity contribution in [1.82, 2.24) is 4.57 Å². The molecule has 2 heterocycles. The van der Waals surface area contributed by atoms with Crippen molar-refractivity contribution in [2.24, 2.45) is 4.99 Å². The van der Waals surface area contributed by atoms with Gasteiger partial charge in [-0.2, -0.15) is 0 Å². The van der Waals surface area contributed by atoms with E-state index in [1.165, 1.54) is 11.3 Å². The van der Waals surface area contributed by atoms with Crippen LogP contribution in [0.5, 0.6) is 17.2 Å². The molecule has 0 spiro atoms. The van der Waals surface area contributed by atoms with E-state index >= 15 is 0 Å². The van der Waals surface area contributed by atoms with Crippen LogP contribution in [-0.2, 0) is 16.1 Å². The summed E-state index contributed by atoms with van der Waals surface area (Å²) in [5.41, 5.74) is 3.04. The lowest BCUT2D eigenvalue weighted by Gasteiger charge is -2.27. The first-order valence-corrected chi connectivity index (χ1v) is 17.3. The normalized spacial score (nSPS) is 14.4. The summed E-state index contributed by atoms with van der Waals surface area (Å²) in [5, 5.41) is 4.11. The lowest BCUT2D eigenvalue weighted by molar-refractivity contribution is -0.139. The van der Waals surface area contributed by atoms with Crippen LogP contribution in [0.1, 0.15) is 43.5 Å². The molecule has 1 aliphatic heterocycles. The van der Waals surface area contributed by atoms with E-state index < -0.39 is 12.0 Å². The van der Waals surface area contributed by atoms with Crippen molar-refractivity contribution >= 4 is 44.9 Å². The number of hydrogen-bond donors (Lipinski definition) is 0. The minimum atomic E-state index is -0.822. The molecule has 1 aromatic heterocycles. The zero-order valence-electron chi connectivity index (χ0n) is 28.3. The summed E-state index contributed by atoms with van der Waals surface area (Å²) in [4.78, 5) is 33.2. The van der Waals surface area contributed by atoms with Crippen molar-refractivity contribution in [3.05, 3.63) is 145 Å². The number of ether oxygens (including phenoxy) is 4. The number of benzene rings is 5. The lowest BCUT2D eigenvalue weighted by atomic mass is 9.90. The number of hydrogen-bond acceptors (Lipinski definition) is 8. The number of thiazole rings is 1. The smallest absolute Gasteiger partial charge is 0.338 e. The Balaban J connectivity index is 1.32. The number of methoxy groups -OCH3 is 1. The molecule has 1 aliphatic rings. The number of carbonyl (C=O) groups is 1. The quantitative estimate of drug-likeness (QED) is 0.143. The van der Waals surface area contributed by atoms with Crippen LogP contribution in [0.25, 0.3) is 27.6 Å². The predicted octanol–water partition coefficient (Wildman–Crippen LogP) is 7.09. The van der Waals surface area contributed by atoms with Crippen LogP contribution in [0.3, 0.4) is 0 Å². The molecule has 0 radical (unpaired) electrons. The first-order valence-electron chi connectivity index (χ1n) is 16.5. The molecule has 9 heteroatoms. The highest BCUT2D eigenvalue weighted by Crippen LogP contribution is 2.40. The van der Waals surface area contributed by atoms with E-state index in [0.29, 0.717) is 56.6 Å². The number of rotatable bonds is 10. The first kappa shape index (κ1) is 32.9. The van der Waals surface area contributed by atoms with E-state index in [9.17, 15) is 9.59 Å². The maximum absolute atomic E-state index is 14.4. The molecule has 50 heavy (non-hydrogen) atoms. The maximum atomic E-state index is 14.4. The minimum absolute atomic E-state index is 0.184. The summed E-state index contributed by atoms with van der Waals surface area (Å²) in [6.07, 6.45) is 1.82. The van der Waals surface area contributed by atoms with Gasteiger partial charge >= 0.3 is 5.97 Å². The maximum Gasteiger partial charge on any atom is 0.338 e. The Morgan fingerprint density at radius 3 is 2.32 bits per heavy atom. The summed E-state index contributed by atoms with van der Waals surface area (Å²) in [6.45, 7) is 6.46. The third kappa shape index (κ3) is 6.05. The number of aromatic nitrogens is 1. The monoisotopic (exact) mass is 684 g/mol. The van der Waals surface area contributed by atoms with Gasteiger partial charge in [0.05, 0.1) is 36.1 Å². The van der Waals surface area contributed by atoms with Crippen LogP contribution in [0, 0.1) is 0 Å². The minimum Gasteiger partial charge on any atom is -0.496 e. The molecule has 0 saturated heterocycles. The Kier molecular flexibility index (Phi) is 9.23. The lowest BCUT2D eigenvalue weighted by Crippen LogP contribution is -2.40. The van der Waals surface area contributed by atoms with E-state index in [2.05, 4.69) is 24.3 Å². The van der Waals surface area contributed by atoms with Gasteiger partial charge < -0.3 is 18.9 Å². The van der Waals surface area contributed by atoms with Gasteiger partial charge in [-0.3, -0.25) is 9.36 Å². The summed E-state index contributed by atoms with van der Waals surface area (Å²) in [5.74, 6) is 1.22. The predicted molar refractivity (Wildman–Crippen MR) is 197 cm³/mol. The molecule has 5 aromatic carbocycles. The van der Waals surface area contributed by atoms with Crippen LogP contribution in [0.15, 0.2) is 118 Å². The molecule has 8 nitrogen and oxygen atoms in total. The average molecular weight is 685 g/mol. The third-order valence-electron chi connectivity index (χ3n) is 8.77. The highest BCUT2D eigenvalue weighted by molar-refractivity contribution is 7.07. The van der Waals surface area contributed by atoms with Crippen LogP contribution in [0.4, 0.5) is 0 Å². The highest BCUT2D eigenvalue weighted by Gasteiger charge is 2.36. The second-order valence-corrected chi connectivity index (χ2v) is 12.8. The summed E-state index contributed by atoms with van der Waals surface area (Å²) >= 11 is 1.27. The van der Waals surface area contributed by atoms with E-state index in [0.717, 1.165) is 32.7 Å². The highest BCUT2D eigenvalue weighted by atomic mass is 32.1. The van der Waals surface area contributed by atoms with Gasteiger partial charge in [0.2, 0.25) is 0 Å². The molecule has 7 rings (SSSR count). The van der Waals surface area contributed by atoms with Crippen molar-refractivity contribution in [2.45, 2.75) is 33.4 Å². The second kappa shape index (κ2) is 14.1. The fourth-order valence-electron chi connectivity index (χ4n) is 6.53. The molecule has 1 atom stereocenters. The molecule has 252 valence electrons. The number of carbonyl (C=O) groups excluding carboxylic acids is 1. The van der Waals surface area contributed by atoms with Crippen LogP contribution in [0.2, 0.25) is 0 Å². The summed E-state index contributed by atoms with van der Waals surface area (Å²) in [7, 11) is 1.59. The van der Waals surface area contributed by atoms with Crippen molar-refractivity contribution < 1.29 is 23.7 Å². The van der Waals surface area contributed by atoms with Gasteiger partial charge in [0.1, 0.15) is 18.4 Å². The second-order valence-electron chi connectivity index (χ2n) is 11.8. The molecule has 0 fully saturated rings. The number of allylic oxidation sites excluding steroid dienone is 1. The Labute approximate surface area is 293 Å². The molecule has 0 unspecified atom stereocenters. The molecular formula is C41H36N2O6S. The van der Waals surface area contributed by atoms with E-state index in [1.807, 2.05) is 85.8 Å². The standard InChI is InChI=1S/C41H36N2O6S/c1-5-47-34-22-26(18-20-32(34)49-24-29-15-11-14-27-12-7-9-16-30(27)29)23-35-39(44)43-38(36(40(45)48-6-2)25(3)42-41(43)50-35)37-31-17-10-8-13-28(31)19-21-33(37)46-4/h7-23,38H,5-6,24H2,1-4H3/b35-23-/t38-/m1/s1. The van der Waals surface area contributed by atoms with Gasteiger partial charge in [0, 0.05) is 5.56 Å². The Morgan fingerprint density at radius 1 is 0.840 bits per heavy atom. The van der Waals surface area contributed by atoms with E-state index in [4.69, 9.17) is 23.9 Å². The van der Waals surface area contributed by atoms with Gasteiger partial charge in [0.15, 0.2) is 16.3 Å². The molecular weight excluding hydrogens is 649 g/mol. The zero-order chi connectivity index (χ0) is 34.8. The largest absolute Gasteiger partial charge is 0.496 e. The van der Waals surface area contributed by atoms with E-state index in [-0.39, 0.29) is 12.2 Å². The molecule has 6 aromatic rings. The van der Waals surface area contributed by atoms with Gasteiger partial charge in [-0.1, -0.05) is 90.2 Å². The van der Waals surface area contributed by atoms with E-state index in [1.54, 1.807) is 25.5 Å². The molecule has 0 bridgehead atoms. The van der Waals surface area contributed by atoms with Crippen molar-refractivity contribution in [3.8, 4) is 17.2 Å². The Hall–Kier alpha value is -5.67. The fourth-order valence-corrected chi connectivity index (χ4v) is 7.57. The van der Waals surface area contributed by atoms with Crippen molar-refractivity contribution in [2.75, 3.05) is 20.3 Å². The summed E-state index contributed by atoms with van der Waals surface area (Å²) < 4.78 is 25.7. The summed E-state index contributed by atoms with van der Waals surface area (Å²) in [6, 6.07) is 30.9. The number of esters is 1. The van der Waals surface area contributed by atoms with Crippen molar-refractivity contribution in [1.29, 1.82) is 0 Å². The van der Waals surface area contributed by atoms with Gasteiger partial charge in [-0.25, -0.2) is 9.79 Å². The Morgan fingerprint density at radius 2 is 1.56 bits per heavy atom. The molecule has 0 N–H and O–H groups in total.